The zero-order valence-corrected chi connectivity index (χ0v) is 37.9. The molecule has 1 rings (SSSR count). The molecule has 0 aromatic rings. The van der Waals surface area contributed by atoms with E-state index in [-0.39, 0.29) is 6.61 Å². The van der Waals surface area contributed by atoms with Crippen molar-refractivity contribution >= 4 is 7.82 Å². The third kappa shape index (κ3) is 25.4. The summed E-state index contributed by atoms with van der Waals surface area (Å²) >= 11 is 0. The first-order valence-electron chi connectivity index (χ1n) is 22.0. The predicted molar refractivity (Wildman–Crippen MR) is 231 cm³/mol. The van der Waals surface area contributed by atoms with Crippen LogP contribution in [0.5, 0.6) is 0 Å². The molecule has 10 heteroatoms. The molecule has 0 spiro atoms. The fourth-order valence-electron chi connectivity index (χ4n) is 7.30. The van der Waals surface area contributed by atoms with Crippen molar-refractivity contribution in [3.63, 3.8) is 0 Å². The minimum absolute atomic E-state index is 0.198. The number of allylic oxidation sites excluding steroid dienone is 7. The molecule has 5 N–H and O–H groups in total. The molecule has 0 amide bonds. The summed E-state index contributed by atoms with van der Waals surface area (Å²) in [5.74, 6) is 3.43. The van der Waals surface area contributed by atoms with Crippen LogP contribution in [0.2, 0.25) is 0 Å². The van der Waals surface area contributed by atoms with Gasteiger partial charge in [-0.15, -0.1) is 0 Å². The highest BCUT2D eigenvalue weighted by molar-refractivity contribution is 7.47. The van der Waals surface area contributed by atoms with E-state index in [1.165, 1.54) is 93.8 Å². The van der Waals surface area contributed by atoms with Crippen LogP contribution in [0.25, 0.3) is 0 Å². The van der Waals surface area contributed by atoms with Crippen LogP contribution >= 0.6 is 7.82 Å². The van der Waals surface area contributed by atoms with Crippen LogP contribution in [-0.4, -0.2) is 69.2 Å². The SMILES string of the molecule is C/C(=C/COP(=O)(O)O[C@@H]1O[C@H](CO)[C@@H](O)[C@H](O)[C@@H]1O)CC/C=C(\C)CC/C=C(\C)CC/C=C(\C)CCCC(C)CCCC(C)CCCC(C)CCCC(C)C. The second kappa shape index (κ2) is 30.0. The van der Waals surface area contributed by atoms with E-state index in [0.29, 0.717) is 0 Å². The molecule has 4 unspecified atom stereocenters. The van der Waals surface area contributed by atoms with Crippen molar-refractivity contribution < 1.29 is 43.7 Å². The summed E-state index contributed by atoms with van der Waals surface area (Å²) in [6.45, 7) is 19.7. The molecule has 1 saturated heterocycles. The molecule has 1 heterocycles. The molecule has 0 bridgehead atoms. The molecule has 0 aromatic carbocycles. The molecule has 9 atom stereocenters. The van der Waals surface area contributed by atoms with Crippen molar-refractivity contribution in [2.45, 2.75) is 209 Å². The Morgan fingerprint density at radius 2 is 1.02 bits per heavy atom. The van der Waals surface area contributed by atoms with Gasteiger partial charge in [0.25, 0.3) is 0 Å². The number of hydrogen-bond donors (Lipinski definition) is 5. The van der Waals surface area contributed by atoms with E-state index in [2.05, 4.69) is 73.6 Å². The summed E-state index contributed by atoms with van der Waals surface area (Å²) in [7, 11) is -4.66. The summed E-state index contributed by atoms with van der Waals surface area (Å²) in [6, 6.07) is 0. The average Bonchev–Trinajstić information content (AvgIpc) is 3.11. The van der Waals surface area contributed by atoms with Crippen LogP contribution in [-0.2, 0) is 18.3 Å². The molecular weight excluding hydrogens is 727 g/mol. The Morgan fingerprint density at radius 3 is 1.46 bits per heavy atom. The van der Waals surface area contributed by atoms with Crippen molar-refractivity contribution in [3.05, 3.63) is 46.6 Å². The fourth-order valence-corrected chi connectivity index (χ4v) is 8.06. The van der Waals surface area contributed by atoms with Crippen molar-refractivity contribution in [2.24, 2.45) is 23.7 Å². The second-order valence-corrected chi connectivity index (χ2v) is 19.2. The lowest BCUT2D eigenvalue weighted by molar-refractivity contribution is -0.281. The van der Waals surface area contributed by atoms with Gasteiger partial charge in [-0.05, 0) is 103 Å². The number of aliphatic hydroxyl groups excluding tert-OH is 4. The van der Waals surface area contributed by atoms with E-state index in [1.54, 1.807) is 6.08 Å². The summed E-state index contributed by atoms with van der Waals surface area (Å²) in [5, 5.41) is 39.0. The number of rotatable bonds is 31. The maximum Gasteiger partial charge on any atom is 0.474 e. The molecule has 1 aliphatic heterocycles. The van der Waals surface area contributed by atoms with Gasteiger partial charge in [0.1, 0.15) is 24.4 Å². The third-order valence-corrected chi connectivity index (χ3v) is 12.3. The van der Waals surface area contributed by atoms with Crippen molar-refractivity contribution in [1.82, 2.24) is 0 Å². The molecule has 0 aromatic heterocycles. The zero-order valence-electron chi connectivity index (χ0n) is 37.0. The highest BCUT2D eigenvalue weighted by atomic mass is 31.2. The van der Waals surface area contributed by atoms with Crippen LogP contribution in [0.4, 0.5) is 0 Å². The van der Waals surface area contributed by atoms with E-state index in [0.717, 1.165) is 67.8 Å². The third-order valence-electron chi connectivity index (χ3n) is 11.4. The van der Waals surface area contributed by atoms with E-state index < -0.39 is 45.1 Å². The summed E-state index contributed by atoms with van der Waals surface area (Å²) in [5.41, 5.74) is 5.28. The molecule has 56 heavy (non-hydrogen) atoms. The quantitative estimate of drug-likeness (QED) is 0.0341. The monoisotopic (exact) mass is 813 g/mol. The van der Waals surface area contributed by atoms with Gasteiger partial charge in [-0.25, -0.2) is 4.57 Å². The van der Waals surface area contributed by atoms with Crippen molar-refractivity contribution in [3.8, 4) is 0 Å². The molecule has 0 aliphatic carbocycles. The fraction of sp³-hybridized carbons (Fsp3) is 0.826. The van der Waals surface area contributed by atoms with Gasteiger partial charge < -0.3 is 30.1 Å². The first-order valence-corrected chi connectivity index (χ1v) is 23.5. The second-order valence-electron chi connectivity index (χ2n) is 17.8. The molecule has 0 saturated carbocycles. The van der Waals surface area contributed by atoms with Gasteiger partial charge >= 0.3 is 7.82 Å². The highest BCUT2D eigenvalue weighted by Gasteiger charge is 2.46. The maximum atomic E-state index is 12.4. The molecule has 9 nitrogen and oxygen atoms in total. The summed E-state index contributed by atoms with van der Waals surface area (Å²) in [6.07, 6.45) is 22.8. The number of aliphatic hydroxyl groups is 4. The Balaban J connectivity index is 2.20. The number of phosphoric acid groups is 1. The lowest BCUT2D eigenvalue weighted by atomic mass is 9.90. The van der Waals surface area contributed by atoms with Crippen LogP contribution in [0.3, 0.4) is 0 Å². The van der Waals surface area contributed by atoms with Crippen LogP contribution < -0.4 is 0 Å². The van der Waals surface area contributed by atoms with E-state index >= 15 is 0 Å². The smallest absolute Gasteiger partial charge is 0.394 e. The van der Waals surface area contributed by atoms with Gasteiger partial charge in [-0.2, -0.15) is 0 Å². The normalized spacial score (nSPS) is 24.4. The van der Waals surface area contributed by atoms with Gasteiger partial charge in [0.2, 0.25) is 0 Å². The Labute approximate surface area is 342 Å². The Morgan fingerprint density at radius 1 is 0.607 bits per heavy atom. The van der Waals surface area contributed by atoms with Crippen molar-refractivity contribution in [1.29, 1.82) is 0 Å². The van der Waals surface area contributed by atoms with Crippen LogP contribution in [0.15, 0.2) is 46.6 Å². The molecule has 328 valence electrons. The first kappa shape index (κ1) is 52.9. The average molecular weight is 813 g/mol. The van der Waals surface area contributed by atoms with Crippen LogP contribution in [0, 0.1) is 23.7 Å². The number of hydrogen-bond acceptors (Lipinski definition) is 8. The molecule has 0 radical (unpaired) electrons. The van der Waals surface area contributed by atoms with E-state index in [9.17, 15) is 29.9 Å². The van der Waals surface area contributed by atoms with Gasteiger partial charge in [-0.1, -0.05) is 145 Å². The molecule has 1 aliphatic rings. The Kier molecular flexibility index (Phi) is 28.3. The lowest BCUT2D eigenvalue weighted by Crippen LogP contribution is -2.58. The Hall–Kier alpha value is -1.13. The summed E-state index contributed by atoms with van der Waals surface area (Å²) in [4.78, 5) is 10.0. The van der Waals surface area contributed by atoms with Gasteiger partial charge in [0.15, 0.2) is 6.29 Å². The zero-order chi connectivity index (χ0) is 42.1. The van der Waals surface area contributed by atoms with Crippen LogP contribution in [0.1, 0.15) is 178 Å². The topological polar surface area (TPSA) is 146 Å². The predicted octanol–water partition coefficient (Wildman–Crippen LogP) is 11.3. The lowest BCUT2D eigenvalue weighted by Gasteiger charge is -2.39. The largest absolute Gasteiger partial charge is 0.474 e. The van der Waals surface area contributed by atoms with Crippen molar-refractivity contribution in [2.75, 3.05) is 13.2 Å². The number of phosphoric ester groups is 1. The summed E-state index contributed by atoms with van der Waals surface area (Å²) < 4.78 is 27.3. The maximum absolute atomic E-state index is 12.4. The van der Waals surface area contributed by atoms with Gasteiger partial charge in [0.05, 0.1) is 13.2 Å². The number of ether oxygens (including phenoxy) is 1. The van der Waals surface area contributed by atoms with E-state index in [1.807, 2.05) is 6.92 Å². The molecular formula is C46H85O9P. The minimum atomic E-state index is -4.66. The highest BCUT2D eigenvalue weighted by Crippen LogP contribution is 2.46. The van der Waals surface area contributed by atoms with Gasteiger partial charge in [-0.3, -0.25) is 9.05 Å². The standard InChI is InChI=1S/C46H85O9P/c1-34(2)17-10-18-35(3)19-11-20-36(4)21-12-22-37(5)23-13-24-38(6)25-14-26-39(7)27-15-28-40(8)29-16-30-41(9)31-32-53-56(51,52)55-46-45(50)44(49)43(48)42(33-47)54-46/h25,27,29,31,34-37,42-50H,10-24,26,28,30,32-33H2,1-9H3,(H,51,52)/b38-25+,39-27+,40-29+,41-31-/t35?,36?,37?,42-,43-,44+,45+,46+/m1/s1. The van der Waals surface area contributed by atoms with Gasteiger partial charge in [0, 0.05) is 0 Å². The molecule has 1 fully saturated rings. The Bertz CT molecular complexity index is 1210. The first-order chi connectivity index (χ1) is 26.4. The minimum Gasteiger partial charge on any atom is -0.394 e. The van der Waals surface area contributed by atoms with E-state index in [4.69, 9.17) is 13.8 Å².